The van der Waals surface area contributed by atoms with E-state index >= 15 is 0 Å². The minimum Gasteiger partial charge on any atom is -0.326 e. The molecule has 2 nitrogen and oxygen atoms in total. The third-order valence-corrected chi connectivity index (χ3v) is 5.08. The summed E-state index contributed by atoms with van der Waals surface area (Å²) in [4.78, 5) is 13.4. The average Bonchev–Trinajstić information content (AvgIpc) is 2.53. The Bertz CT molecular complexity index is 694. The van der Waals surface area contributed by atoms with Gasteiger partial charge in [0.15, 0.2) is 0 Å². The van der Waals surface area contributed by atoms with Gasteiger partial charge in [0.25, 0.3) is 0 Å². The van der Waals surface area contributed by atoms with Gasteiger partial charge >= 0.3 is 0 Å². The van der Waals surface area contributed by atoms with E-state index in [1.165, 1.54) is 21.6 Å². The Morgan fingerprint density at radius 2 is 1.83 bits per heavy atom. The van der Waals surface area contributed by atoms with Crippen LogP contribution in [0.1, 0.15) is 35.6 Å². The highest BCUT2D eigenvalue weighted by Gasteiger charge is 2.08. The van der Waals surface area contributed by atoms with Gasteiger partial charge in [0.05, 0.1) is 0 Å². The fourth-order valence-electron chi connectivity index (χ4n) is 2.47. The molecule has 3 heteroatoms. The van der Waals surface area contributed by atoms with Gasteiger partial charge in [0, 0.05) is 22.8 Å². The molecule has 0 aromatic heterocycles. The van der Waals surface area contributed by atoms with Crippen molar-refractivity contribution >= 4 is 23.4 Å². The van der Waals surface area contributed by atoms with E-state index in [1.807, 2.05) is 19.1 Å². The molecule has 1 N–H and O–H groups in total. The van der Waals surface area contributed by atoms with Crippen LogP contribution in [0.4, 0.5) is 5.69 Å². The molecule has 0 aliphatic heterocycles. The SMILES string of the molecule is CCc1cccc(C)c1NC(=O)CCSc1ccc(C)c(C)c1. The van der Waals surface area contributed by atoms with Gasteiger partial charge < -0.3 is 5.32 Å². The zero-order valence-electron chi connectivity index (χ0n) is 14.4. The fourth-order valence-corrected chi connectivity index (χ4v) is 3.42. The van der Waals surface area contributed by atoms with Crippen LogP contribution in [-0.4, -0.2) is 11.7 Å². The van der Waals surface area contributed by atoms with E-state index in [0.29, 0.717) is 6.42 Å². The minimum atomic E-state index is 0.0883. The van der Waals surface area contributed by atoms with Crippen molar-refractivity contribution < 1.29 is 4.79 Å². The maximum absolute atomic E-state index is 12.2. The second-order valence-corrected chi connectivity index (χ2v) is 7.02. The summed E-state index contributed by atoms with van der Waals surface area (Å²) >= 11 is 1.74. The fraction of sp³-hybridized carbons (Fsp3) is 0.350. The number of anilines is 1. The summed E-state index contributed by atoms with van der Waals surface area (Å²) in [5.41, 5.74) is 5.90. The minimum absolute atomic E-state index is 0.0883. The van der Waals surface area contributed by atoms with Gasteiger partial charge in [-0.15, -0.1) is 11.8 Å². The lowest BCUT2D eigenvalue weighted by molar-refractivity contribution is -0.115. The Morgan fingerprint density at radius 1 is 1.04 bits per heavy atom. The van der Waals surface area contributed by atoms with Gasteiger partial charge in [0.2, 0.25) is 5.91 Å². The van der Waals surface area contributed by atoms with Gasteiger partial charge in [-0.25, -0.2) is 0 Å². The molecule has 2 rings (SSSR count). The molecule has 0 fully saturated rings. The number of amides is 1. The highest BCUT2D eigenvalue weighted by molar-refractivity contribution is 7.99. The predicted molar refractivity (Wildman–Crippen MR) is 100 cm³/mol. The number of hydrogen-bond acceptors (Lipinski definition) is 2. The number of carbonyl (C=O) groups excluding carboxylic acids is 1. The van der Waals surface area contributed by atoms with Gasteiger partial charge in [-0.3, -0.25) is 4.79 Å². The number of hydrogen-bond donors (Lipinski definition) is 1. The molecule has 0 radical (unpaired) electrons. The zero-order valence-corrected chi connectivity index (χ0v) is 15.2. The smallest absolute Gasteiger partial charge is 0.225 e. The quantitative estimate of drug-likeness (QED) is 0.730. The van der Waals surface area contributed by atoms with Crippen LogP contribution in [0, 0.1) is 20.8 Å². The molecule has 2 aromatic rings. The summed E-state index contributed by atoms with van der Waals surface area (Å²) in [6.07, 6.45) is 1.45. The summed E-state index contributed by atoms with van der Waals surface area (Å²) in [6.45, 7) is 8.39. The van der Waals surface area contributed by atoms with E-state index in [1.54, 1.807) is 11.8 Å². The second kappa shape index (κ2) is 8.21. The third-order valence-electron chi connectivity index (χ3n) is 4.08. The topological polar surface area (TPSA) is 29.1 Å². The molecule has 0 aliphatic carbocycles. The standard InChI is InChI=1S/C20H25NOS/c1-5-17-8-6-7-15(3)20(17)21-19(22)11-12-23-18-10-9-14(2)16(4)13-18/h6-10,13H,5,11-12H2,1-4H3,(H,21,22). The number of para-hydroxylation sites is 1. The summed E-state index contributed by atoms with van der Waals surface area (Å²) < 4.78 is 0. The number of rotatable bonds is 6. The van der Waals surface area contributed by atoms with Crippen molar-refractivity contribution in [3.05, 3.63) is 58.7 Å². The van der Waals surface area contributed by atoms with Crippen LogP contribution in [0.25, 0.3) is 0 Å². The van der Waals surface area contributed by atoms with Crippen LogP contribution in [0.3, 0.4) is 0 Å². The molecule has 0 heterocycles. The van der Waals surface area contributed by atoms with Crippen LogP contribution >= 0.6 is 11.8 Å². The Labute approximate surface area is 143 Å². The zero-order chi connectivity index (χ0) is 16.8. The molecule has 0 bridgehead atoms. The van der Waals surface area contributed by atoms with Crippen LogP contribution in [0.5, 0.6) is 0 Å². The lowest BCUT2D eigenvalue weighted by Crippen LogP contribution is -2.14. The van der Waals surface area contributed by atoms with E-state index in [-0.39, 0.29) is 5.91 Å². The van der Waals surface area contributed by atoms with E-state index in [0.717, 1.165) is 23.4 Å². The second-order valence-electron chi connectivity index (χ2n) is 5.86. The van der Waals surface area contributed by atoms with E-state index in [4.69, 9.17) is 0 Å². The van der Waals surface area contributed by atoms with Gasteiger partial charge in [-0.05, 0) is 61.6 Å². The largest absolute Gasteiger partial charge is 0.326 e. The van der Waals surface area contributed by atoms with E-state index in [2.05, 4.69) is 50.4 Å². The lowest BCUT2D eigenvalue weighted by Gasteiger charge is -2.13. The Kier molecular flexibility index (Phi) is 6.28. The van der Waals surface area contributed by atoms with Gasteiger partial charge in [-0.1, -0.05) is 31.2 Å². The third kappa shape index (κ3) is 4.87. The molecule has 0 spiro atoms. The average molecular weight is 327 g/mol. The lowest BCUT2D eigenvalue weighted by atomic mass is 10.1. The van der Waals surface area contributed by atoms with E-state index < -0.39 is 0 Å². The summed E-state index contributed by atoms with van der Waals surface area (Å²) in [6, 6.07) is 12.6. The molecule has 1 amide bonds. The number of aryl methyl sites for hydroxylation is 4. The molecule has 0 aliphatic rings. The Morgan fingerprint density at radius 3 is 2.52 bits per heavy atom. The number of benzene rings is 2. The number of thioether (sulfide) groups is 1. The van der Waals surface area contributed by atoms with Crippen molar-refractivity contribution in [3.63, 3.8) is 0 Å². The van der Waals surface area contributed by atoms with Crippen molar-refractivity contribution in [3.8, 4) is 0 Å². The maximum Gasteiger partial charge on any atom is 0.225 e. The molecule has 0 atom stereocenters. The first kappa shape index (κ1) is 17.6. The Balaban J connectivity index is 1.89. The molecule has 0 saturated heterocycles. The molecular formula is C20H25NOS. The van der Waals surface area contributed by atoms with Crippen molar-refractivity contribution in [1.29, 1.82) is 0 Å². The van der Waals surface area contributed by atoms with Crippen molar-refractivity contribution in [1.82, 2.24) is 0 Å². The number of nitrogens with one attached hydrogen (secondary N) is 1. The molecule has 23 heavy (non-hydrogen) atoms. The molecule has 0 saturated carbocycles. The van der Waals surface area contributed by atoms with Crippen LogP contribution in [0.2, 0.25) is 0 Å². The van der Waals surface area contributed by atoms with Crippen LogP contribution in [0.15, 0.2) is 41.3 Å². The van der Waals surface area contributed by atoms with E-state index in [9.17, 15) is 4.79 Å². The number of carbonyl (C=O) groups is 1. The maximum atomic E-state index is 12.2. The molecular weight excluding hydrogens is 302 g/mol. The van der Waals surface area contributed by atoms with Gasteiger partial charge in [-0.2, -0.15) is 0 Å². The van der Waals surface area contributed by atoms with Gasteiger partial charge in [0.1, 0.15) is 0 Å². The van der Waals surface area contributed by atoms with Crippen molar-refractivity contribution in [2.75, 3.05) is 11.1 Å². The first-order valence-electron chi connectivity index (χ1n) is 8.09. The summed E-state index contributed by atoms with van der Waals surface area (Å²) in [5.74, 6) is 0.882. The van der Waals surface area contributed by atoms with Crippen LogP contribution in [-0.2, 0) is 11.2 Å². The monoisotopic (exact) mass is 327 g/mol. The summed E-state index contributed by atoms with van der Waals surface area (Å²) in [7, 11) is 0. The molecule has 122 valence electrons. The van der Waals surface area contributed by atoms with Crippen molar-refractivity contribution in [2.45, 2.75) is 45.4 Å². The Hall–Kier alpha value is -1.74. The summed E-state index contributed by atoms with van der Waals surface area (Å²) in [5, 5.41) is 3.08. The van der Waals surface area contributed by atoms with Crippen molar-refractivity contribution in [2.24, 2.45) is 0 Å². The first-order valence-corrected chi connectivity index (χ1v) is 9.08. The normalized spacial score (nSPS) is 10.6. The highest BCUT2D eigenvalue weighted by atomic mass is 32.2. The first-order chi connectivity index (χ1) is 11.0. The van der Waals surface area contributed by atoms with Crippen LogP contribution < -0.4 is 5.32 Å². The predicted octanol–water partition coefficient (Wildman–Crippen LogP) is 5.30. The molecule has 2 aromatic carbocycles. The highest BCUT2D eigenvalue weighted by Crippen LogP contribution is 2.23. The molecule has 0 unspecified atom stereocenters.